The van der Waals surface area contributed by atoms with Gasteiger partial charge in [-0.15, -0.1) is 0 Å². The Morgan fingerprint density at radius 3 is 2.43 bits per heavy atom. The Balaban J connectivity index is 2.32. The lowest BCUT2D eigenvalue weighted by Gasteiger charge is -2.22. The summed E-state index contributed by atoms with van der Waals surface area (Å²) in [6.07, 6.45) is -2.79. The van der Waals surface area contributed by atoms with Gasteiger partial charge in [-0.05, 0) is 48.4 Å². The van der Waals surface area contributed by atoms with Gasteiger partial charge in [0, 0.05) is 6.04 Å². The molecule has 0 aromatic heterocycles. The molecule has 1 nitrogen and oxygen atoms in total. The Bertz CT molecular complexity index is 507. The van der Waals surface area contributed by atoms with Crippen LogP contribution in [0.5, 0.6) is 0 Å². The van der Waals surface area contributed by atoms with Gasteiger partial charge in [-0.1, -0.05) is 26.8 Å². The maximum atomic E-state index is 13.4. The third-order valence-electron chi connectivity index (χ3n) is 4.26. The van der Waals surface area contributed by atoms with Gasteiger partial charge in [-0.3, -0.25) is 0 Å². The van der Waals surface area contributed by atoms with Crippen molar-refractivity contribution in [3.05, 3.63) is 35.1 Å². The van der Waals surface area contributed by atoms with Crippen LogP contribution < -0.4 is 5.32 Å². The molecule has 1 aliphatic carbocycles. The summed E-state index contributed by atoms with van der Waals surface area (Å²) < 4.78 is 52.0. The molecule has 21 heavy (non-hydrogen) atoms. The minimum atomic E-state index is -4.66. The molecule has 118 valence electrons. The fraction of sp³-hybridized carbons (Fsp3) is 0.625. The third-order valence-corrected chi connectivity index (χ3v) is 4.26. The number of alkyl halides is 3. The van der Waals surface area contributed by atoms with E-state index in [1.165, 1.54) is 6.07 Å². The van der Waals surface area contributed by atoms with Crippen LogP contribution in [0.3, 0.4) is 0 Å². The van der Waals surface area contributed by atoms with Crippen molar-refractivity contribution in [1.82, 2.24) is 5.32 Å². The summed E-state index contributed by atoms with van der Waals surface area (Å²) in [4.78, 5) is 0. The number of nitrogens with one attached hydrogen (secondary N) is 1. The van der Waals surface area contributed by atoms with Gasteiger partial charge < -0.3 is 5.32 Å². The molecule has 5 heteroatoms. The van der Waals surface area contributed by atoms with Crippen LogP contribution in [0, 0.1) is 17.2 Å². The van der Waals surface area contributed by atoms with Crippen molar-refractivity contribution >= 4 is 0 Å². The predicted molar refractivity (Wildman–Crippen MR) is 74.3 cm³/mol. The summed E-state index contributed by atoms with van der Waals surface area (Å²) in [6, 6.07) is 3.19. The van der Waals surface area contributed by atoms with Crippen LogP contribution in [0.4, 0.5) is 17.6 Å². The van der Waals surface area contributed by atoms with Gasteiger partial charge in [-0.25, -0.2) is 4.39 Å². The number of benzene rings is 1. The molecule has 1 aromatic carbocycles. The van der Waals surface area contributed by atoms with Crippen molar-refractivity contribution in [2.45, 2.75) is 45.8 Å². The second-order valence-corrected chi connectivity index (χ2v) is 6.47. The fourth-order valence-corrected chi connectivity index (χ4v) is 2.82. The molecule has 0 saturated heterocycles. The van der Waals surface area contributed by atoms with Gasteiger partial charge in [0.2, 0.25) is 0 Å². The number of halogens is 4. The smallest absolute Gasteiger partial charge is 0.310 e. The lowest BCUT2D eigenvalue weighted by molar-refractivity contribution is -0.140. The van der Waals surface area contributed by atoms with Crippen LogP contribution in [-0.4, -0.2) is 6.54 Å². The second-order valence-electron chi connectivity index (χ2n) is 6.47. The summed E-state index contributed by atoms with van der Waals surface area (Å²) >= 11 is 0. The standard InChI is InChI=1S/C16H21F4N/c1-4-7-21-14(12-9-15(12,2)3)10-5-6-13(17)11(8-10)16(18,19)20/h5-6,8,12,14,21H,4,7,9H2,1-3H3. The molecule has 0 radical (unpaired) electrons. The molecule has 1 saturated carbocycles. The van der Waals surface area contributed by atoms with E-state index in [9.17, 15) is 17.6 Å². The van der Waals surface area contributed by atoms with Crippen molar-refractivity contribution in [3.63, 3.8) is 0 Å². The highest BCUT2D eigenvalue weighted by Crippen LogP contribution is 2.57. The van der Waals surface area contributed by atoms with E-state index in [2.05, 4.69) is 19.2 Å². The average molecular weight is 303 g/mol. The first kappa shape index (κ1) is 16.3. The first-order valence-electron chi connectivity index (χ1n) is 7.27. The van der Waals surface area contributed by atoms with Crippen molar-refractivity contribution in [3.8, 4) is 0 Å². The molecule has 0 amide bonds. The predicted octanol–water partition coefficient (Wildman–Crippen LogP) is 4.93. The van der Waals surface area contributed by atoms with E-state index in [0.717, 1.165) is 31.5 Å². The van der Waals surface area contributed by atoms with E-state index in [1.807, 2.05) is 6.92 Å². The van der Waals surface area contributed by atoms with Gasteiger partial charge in [-0.2, -0.15) is 13.2 Å². The molecular weight excluding hydrogens is 282 g/mol. The number of rotatable bonds is 5. The zero-order valence-corrected chi connectivity index (χ0v) is 12.5. The molecule has 0 spiro atoms. The topological polar surface area (TPSA) is 12.0 Å². The molecule has 1 fully saturated rings. The Labute approximate surface area is 122 Å². The molecule has 2 unspecified atom stereocenters. The SMILES string of the molecule is CCCNC(c1ccc(F)c(C(F)(F)F)c1)C1CC1(C)C. The van der Waals surface area contributed by atoms with E-state index < -0.39 is 17.6 Å². The van der Waals surface area contributed by atoms with Gasteiger partial charge in [0.15, 0.2) is 0 Å². The molecule has 0 aliphatic heterocycles. The highest BCUT2D eigenvalue weighted by Gasteiger charge is 2.50. The van der Waals surface area contributed by atoms with Crippen LogP contribution >= 0.6 is 0 Å². The molecule has 1 aliphatic rings. The Morgan fingerprint density at radius 2 is 1.95 bits per heavy atom. The molecular formula is C16H21F4N. The normalized spacial score (nSPS) is 22.1. The summed E-state index contributed by atoms with van der Waals surface area (Å²) in [6.45, 7) is 6.95. The molecule has 0 bridgehead atoms. The number of hydrogen-bond donors (Lipinski definition) is 1. The van der Waals surface area contributed by atoms with Crippen molar-refractivity contribution in [2.75, 3.05) is 6.54 Å². The lowest BCUT2D eigenvalue weighted by Crippen LogP contribution is -2.26. The zero-order chi connectivity index (χ0) is 15.8. The van der Waals surface area contributed by atoms with E-state index in [1.54, 1.807) is 0 Å². The van der Waals surface area contributed by atoms with Gasteiger partial charge in [0.25, 0.3) is 0 Å². The Hall–Kier alpha value is -1.10. The van der Waals surface area contributed by atoms with Crippen LogP contribution in [0.25, 0.3) is 0 Å². The van der Waals surface area contributed by atoms with Crippen LogP contribution in [-0.2, 0) is 6.18 Å². The van der Waals surface area contributed by atoms with Crippen molar-refractivity contribution < 1.29 is 17.6 Å². The van der Waals surface area contributed by atoms with Crippen LogP contribution in [0.1, 0.15) is 50.8 Å². The minimum absolute atomic E-state index is 0.123. The van der Waals surface area contributed by atoms with Gasteiger partial charge in [0.1, 0.15) is 5.82 Å². The largest absolute Gasteiger partial charge is 0.419 e. The average Bonchev–Trinajstić information content (AvgIpc) is 2.99. The zero-order valence-electron chi connectivity index (χ0n) is 12.5. The minimum Gasteiger partial charge on any atom is -0.310 e. The van der Waals surface area contributed by atoms with Gasteiger partial charge >= 0.3 is 6.18 Å². The molecule has 1 aromatic rings. The summed E-state index contributed by atoms with van der Waals surface area (Å²) in [5.74, 6) is -0.925. The maximum absolute atomic E-state index is 13.4. The Morgan fingerprint density at radius 1 is 1.33 bits per heavy atom. The Kier molecular flexibility index (Phi) is 4.34. The van der Waals surface area contributed by atoms with Crippen molar-refractivity contribution in [2.24, 2.45) is 11.3 Å². The molecule has 2 rings (SSSR count). The quantitative estimate of drug-likeness (QED) is 0.760. The molecule has 0 heterocycles. The van der Waals surface area contributed by atoms with Crippen LogP contribution in [0.2, 0.25) is 0 Å². The van der Waals surface area contributed by atoms with E-state index in [0.29, 0.717) is 5.56 Å². The number of hydrogen-bond acceptors (Lipinski definition) is 1. The van der Waals surface area contributed by atoms with E-state index >= 15 is 0 Å². The second kappa shape index (κ2) is 5.59. The highest BCUT2D eigenvalue weighted by atomic mass is 19.4. The first-order chi connectivity index (χ1) is 9.66. The fourth-order valence-electron chi connectivity index (χ4n) is 2.82. The molecule has 2 atom stereocenters. The van der Waals surface area contributed by atoms with E-state index in [4.69, 9.17) is 0 Å². The first-order valence-corrected chi connectivity index (χ1v) is 7.27. The summed E-state index contributed by atoms with van der Waals surface area (Å²) in [5, 5.41) is 3.31. The van der Waals surface area contributed by atoms with Crippen molar-refractivity contribution in [1.29, 1.82) is 0 Å². The summed E-state index contributed by atoms with van der Waals surface area (Å²) in [7, 11) is 0. The molecule has 1 N–H and O–H groups in total. The van der Waals surface area contributed by atoms with Gasteiger partial charge in [0.05, 0.1) is 5.56 Å². The lowest BCUT2D eigenvalue weighted by atomic mass is 9.95. The van der Waals surface area contributed by atoms with E-state index in [-0.39, 0.29) is 17.4 Å². The monoisotopic (exact) mass is 303 g/mol. The van der Waals surface area contributed by atoms with Crippen LogP contribution in [0.15, 0.2) is 18.2 Å². The highest BCUT2D eigenvalue weighted by molar-refractivity contribution is 5.31. The maximum Gasteiger partial charge on any atom is 0.419 e. The third kappa shape index (κ3) is 3.57. The summed E-state index contributed by atoms with van der Waals surface area (Å²) in [5.41, 5.74) is -0.535.